The van der Waals surface area contributed by atoms with Gasteiger partial charge in [0.1, 0.15) is 0 Å². The van der Waals surface area contributed by atoms with E-state index < -0.39 is 5.97 Å². The number of aliphatic carboxylic acids is 1. The number of nitrogens with zero attached hydrogens (tertiary/aromatic N) is 1. The first-order valence-electron chi connectivity index (χ1n) is 24.5. The summed E-state index contributed by atoms with van der Waals surface area (Å²) in [5.41, 5.74) is 3.24. The zero-order chi connectivity index (χ0) is 39.6. The van der Waals surface area contributed by atoms with Crippen LogP contribution in [0.1, 0.15) is 272 Å². The minimum atomic E-state index is -0.654. The Morgan fingerprint density at radius 1 is 0.463 bits per heavy atom. The lowest BCUT2D eigenvalue weighted by Gasteiger charge is -2.25. The highest BCUT2D eigenvalue weighted by Gasteiger charge is 2.11. The number of allylic oxidation sites excluding steroid dienone is 3. The number of unbranched alkanes of at least 4 members (excludes halogenated alkanes) is 27. The Morgan fingerprint density at radius 2 is 0.815 bits per heavy atom. The van der Waals surface area contributed by atoms with Crippen LogP contribution >= 0.6 is 0 Å². The lowest BCUT2D eigenvalue weighted by Crippen LogP contribution is -2.20. The summed E-state index contributed by atoms with van der Waals surface area (Å²) in [6, 6.07) is 0. The van der Waals surface area contributed by atoms with Gasteiger partial charge in [0.25, 0.3) is 0 Å². The molecule has 3 heteroatoms. The van der Waals surface area contributed by atoms with Crippen molar-refractivity contribution in [2.45, 2.75) is 272 Å². The zero-order valence-corrected chi connectivity index (χ0v) is 37.6. The van der Waals surface area contributed by atoms with Crippen LogP contribution in [0.5, 0.6) is 0 Å². The Labute approximate surface area is 340 Å². The maximum Gasteiger partial charge on any atom is 0.303 e. The van der Waals surface area contributed by atoms with Crippen LogP contribution < -0.4 is 0 Å². The van der Waals surface area contributed by atoms with Crippen molar-refractivity contribution in [3.63, 3.8) is 0 Å². The van der Waals surface area contributed by atoms with Crippen LogP contribution in [0.25, 0.3) is 0 Å². The quantitative estimate of drug-likeness (QED) is 0.0498. The minimum Gasteiger partial charge on any atom is -0.481 e. The molecule has 0 amide bonds. The molecule has 0 radical (unpaired) electrons. The van der Waals surface area contributed by atoms with Crippen molar-refractivity contribution in [1.82, 2.24) is 4.90 Å². The Balaban J connectivity index is 5.21. The van der Waals surface area contributed by atoms with Crippen molar-refractivity contribution in [1.29, 1.82) is 0 Å². The van der Waals surface area contributed by atoms with Crippen molar-refractivity contribution in [3.05, 3.63) is 35.7 Å². The molecule has 0 aliphatic rings. The Morgan fingerprint density at radius 3 is 1.22 bits per heavy atom. The highest BCUT2D eigenvalue weighted by Crippen LogP contribution is 2.23. The number of carboxylic acids is 1. The molecule has 0 rings (SSSR count). The number of carboxylic acid groups (broad SMARTS) is 1. The van der Waals surface area contributed by atoms with Crippen molar-refractivity contribution in [2.75, 3.05) is 6.54 Å². The molecule has 1 unspecified atom stereocenters. The largest absolute Gasteiger partial charge is 0.481 e. The van der Waals surface area contributed by atoms with Crippen LogP contribution in [0.15, 0.2) is 35.7 Å². The Hall–Kier alpha value is -1.51. The first kappa shape index (κ1) is 52.5. The molecule has 0 aromatic rings. The maximum atomic E-state index is 10.8. The molecule has 0 saturated heterocycles. The summed E-state index contributed by atoms with van der Waals surface area (Å²) in [6.07, 6.45) is 58.1. The standard InChI is InChI=1S/C51H97NO2/c1-6-11-14-17-18-19-20-21-22-23-24-25-26-29-32-37-42-50(43-38-33-30-27-28-31-34-39-44-51(53)54)47-52(45-48(9-4)40-35-15-12-7-2)46-49(10-5)41-36-16-13-8-3/h37,42,45-46,50H,6-36,38-41,43-44,47H2,1-5H3,(H,53,54)/b42-37-,48-45-,49-46-. The first-order chi connectivity index (χ1) is 26.5. The van der Waals surface area contributed by atoms with Gasteiger partial charge in [-0.2, -0.15) is 0 Å². The van der Waals surface area contributed by atoms with Gasteiger partial charge in [0, 0.05) is 25.4 Å². The predicted molar refractivity (Wildman–Crippen MR) is 242 cm³/mol. The molecule has 0 heterocycles. The van der Waals surface area contributed by atoms with Gasteiger partial charge in [0.2, 0.25) is 0 Å². The summed E-state index contributed by atoms with van der Waals surface area (Å²) in [5, 5.41) is 8.88. The normalized spacial score (nSPS) is 13.0. The van der Waals surface area contributed by atoms with E-state index in [1.165, 1.54) is 205 Å². The third kappa shape index (κ3) is 37.4. The molecule has 0 aromatic carbocycles. The number of hydrogen-bond donors (Lipinski definition) is 1. The Kier molecular flexibility index (Phi) is 41.4. The Bertz CT molecular complexity index is 843. The van der Waals surface area contributed by atoms with Gasteiger partial charge in [0.05, 0.1) is 0 Å². The second-order valence-electron chi connectivity index (χ2n) is 16.9. The van der Waals surface area contributed by atoms with Gasteiger partial charge in [0.15, 0.2) is 0 Å². The summed E-state index contributed by atoms with van der Waals surface area (Å²) < 4.78 is 0. The molecule has 1 atom stereocenters. The first-order valence-corrected chi connectivity index (χ1v) is 24.5. The highest BCUT2D eigenvalue weighted by atomic mass is 16.4. The van der Waals surface area contributed by atoms with Crippen LogP contribution in [0.4, 0.5) is 0 Å². The highest BCUT2D eigenvalue weighted by molar-refractivity contribution is 5.66. The van der Waals surface area contributed by atoms with Crippen LogP contribution in [0.3, 0.4) is 0 Å². The lowest BCUT2D eigenvalue weighted by molar-refractivity contribution is -0.137. The van der Waals surface area contributed by atoms with Crippen molar-refractivity contribution in [3.8, 4) is 0 Å². The van der Waals surface area contributed by atoms with Gasteiger partial charge in [-0.3, -0.25) is 4.79 Å². The fraction of sp³-hybridized carbons (Fsp3) is 0.863. The minimum absolute atomic E-state index is 0.326. The molecular weight excluding hydrogens is 659 g/mol. The van der Waals surface area contributed by atoms with E-state index in [9.17, 15) is 4.79 Å². The average molecular weight is 756 g/mol. The summed E-state index contributed by atoms with van der Waals surface area (Å²) in [7, 11) is 0. The molecular formula is C51H97NO2. The summed E-state index contributed by atoms with van der Waals surface area (Å²) >= 11 is 0. The van der Waals surface area contributed by atoms with E-state index in [4.69, 9.17) is 5.11 Å². The van der Waals surface area contributed by atoms with E-state index in [1.807, 2.05) is 0 Å². The fourth-order valence-corrected chi connectivity index (χ4v) is 7.84. The van der Waals surface area contributed by atoms with Gasteiger partial charge in [-0.1, -0.05) is 225 Å². The van der Waals surface area contributed by atoms with Gasteiger partial charge in [-0.15, -0.1) is 0 Å². The average Bonchev–Trinajstić information content (AvgIpc) is 3.17. The second-order valence-corrected chi connectivity index (χ2v) is 16.9. The molecule has 318 valence electrons. The van der Waals surface area contributed by atoms with Gasteiger partial charge in [-0.05, 0) is 70.1 Å². The second kappa shape index (κ2) is 42.6. The third-order valence-electron chi connectivity index (χ3n) is 11.6. The molecule has 54 heavy (non-hydrogen) atoms. The van der Waals surface area contributed by atoms with Crippen LogP contribution in [0, 0.1) is 5.92 Å². The zero-order valence-electron chi connectivity index (χ0n) is 37.6. The molecule has 0 fully saturated rings. The topological polar surface area (TPSA) is 40.5 Å². The fourth-order valence-electron chi connectivity index (χ4n) is 7.84. The van der Waals surface area contributed by atoms with Crippen molar-refractivity contribution in [2.24, 2.45) is 5.92 Å². The molecule has 3 nitrogen and oxygen atoms in total. The molecule has 0 spiro atoms. The number of carbonyl (C=O) groups is 1. The summed E-state index contributed by atoms with van der Waals surface area (Å²) in [5.74, 6) is -0.0601. The van der Waals surface area contributed by atoms with E-state index in [2.05, 4.69) is 64.1 Å². The van der Waals surface area contributed by atoms with Gasteiger partial charge >= 0.3 is 5.97 Å². The van der Waals surface area contributed by atoms with E-state index in [-0.39, 0.29) is 0 Å². The monoisotopic (exact) mass is 756 g/mol. The van der Waals surface area contributed by atoms with E-state index >= 15 is 0 Å². The van der Waals surface area contributed by atoms with E-state index in [0.717, 1.165) is 32.2 Å². The van der Waals surface area contributed by atoms with E-state index in [1.54, 1.807) is 11.1 Å². The van der Waals surface area contributed by atoms with Gasteiger partial charge in [-0.25, -0.2) is 0 Å². The molecule has 0 bridgehead atoms. The smallest absolute Gasteiger partial charge is 0.303 e. The van der Waals surface area contributed by atoms with Crippen LogP contribution in [0.2, 0.25) is 0 Å². The van der Waals surface area contributed by atoms with Crippen molar-refractivity contribution >= 4 is 5.97 Å². The predicted octanol–water partition coefficient (Wildman–Crippen LogP) is 17.8. The van der Waals surface area contributed by atoms with Crippen LogP contribution in [-0.2, 0) is 4.79 Å². The van der Waals surface area contributed by atoms with E-state index in [0.29, 0.717) is 12.3 Å². The molecule has 0 aliphatic heterocycles. The number of rotatable bonds is 43. The molecule has 1 N–H and O–H groups in total. The SMILES string of the molecule is CCCCCCCCCCCCCCCC/C=C\C(CCCCCCCCCCC(=O)O)CN(/C=C(/CC)CCCCCC)/C=C(/CC)CCCCCC. The summed E-state index contributed by atoms with van der Waals surface area (Å²) in [4.78, 5) is 13.4. The molecule has 0 aromatic heterocycles. The third-order valence-corrected chi connectivity index (χ3v) is 11.6. The van der Waals surface area contributed by atoms with Crippen LogP contribution in [-0.4, -0.2) is 22.5 Å². The summed E-state index contributed by atoms with van der Waals surface area (Å²) in [6.45, 7) is 12.8. The van der Waals surface area contributed by atoms with Gasteiger partial charge < -0.3 is 10.0 Å². The lowest BCUT2D eigenvalue weighted by atomic mass is 9.97. The van der Waals surface area contributed by atoms with Crippen molar-refractivity contribution < 1.29 is 9.90 Å². The molecule has 0 aliphatic carbocycles. The number of hydrogen-bond acceptors (Lipinski definition) is 2. The molecule has 0 saturated carbocycles. The maximum absolute atomic E-state index is 10.8.